The quantitative estimate of drug-likeness (QED) is 0.448. The first-order chi connectivity index (χ1) is 16.7. The molecule has 180 valence electrons. The van der Waals surface area contributed by atoms with Crippen LogP contribution in [0.15, 0.2) is 72.8 Å². The molecule has 35 heavy (non-hydrogen) atoms. The van der Waals surface area contributed by atoms with Crippen molar-refractivity contribution >= 4 is 17.6 Å². The standard InChI is InChI=1S/C28H24F3NO3/c29-28(30,31)22-10-12-23(13-11-22)32-25(19-5-3-6-20(15-19)27(34)35)16-21(26(32)33)14-18-9-8-17-4-1-2-7-24(17)18/h1-7,10-13,15,18,21,25H,8-9,14,16H2,(H,34,35)/t18-,21+,25+/m0/s1. The van der Waals surface area contributed by atoms with E-state index in [1.54, 1.807) is 23.1 Å². The lowest BCUT2D eigenvalue weighted by Crippen LogP contribution is -2.30. The Hall–Kier alpha value is -3.61. The fourth-order valence-corrected chi connectivity index (χ4v) is 5.54. The Balaban J connectivity index is 1.49. The molecular weight excluding hydrogens is 455 g/mol. The first kappa shape index (κ1) is 23.1. The number of carboxylic acids is 1. The molecule has 0 unspecified atom stereocenters. The molecule has 0 radical (unpaired) electrons. The third-order valence-electron chi connectivity index (χ3n) is 7.22. The molecular formula is C28H24F3NO3. The Morgan fingerprint density at radius 2 is 1.71 bits per heavy atom. The number of fused-ring (bicyclic) bond motifs is 1. The molecule has 3 atom stereocenters. The van der Waals surface area contributed by atoms with Crippen molar-refractivity contribution in [3.8, 4) is 0 Å². The van der Waals surface area contributed by atoms with Crippen LogP contribution in [0.4, 0.5) is 18.9 Å². The monoisotopic (exact) mass is 479 g/mol. The number of alkyl halides is 3. The van der Waals surface area contributed by atoms with Gasteiger partial charge in [0.15, 0.2) is 0 Å². The normalized spacial score (nSPS) is 21.9. The number of carbonyl (C=O) groups is 2. The SMILES string of the molecule is O=C(O)c1cccc([C@H]2C[C@@H](C[C@@H]3CCc4ccccc43)C(=O)N2c2ccc(C(F)(F)F)cc2)c1. The minimum atomic E-state index is -4.47. The van der Waals surface area contributed by atoms with Gasteiger partial charge in [-0.25, -0.2) is 4.79 Å². The van der Waals surface area contributed by atoms with Gasteiger partial charge in [0, 0.05) is 11.6 Å². The van der Waals surface area contributed by atoms with Gasteiger partial charge in [-0.15, -0.1) is 0 Å². The molecule has 0 aromatic heterocycles. The van der Waals surface area contributed by atoms with Crippen molar-refractivity contribution in [2.75, 3.05) is 4.90 Å². The maximum Gasteiger partial charge on any atom is 0.416 e. The Bertz CT molecular complexity index is 1270. The van der Waals surface area contributed by atoms with Gasteiger partial charge in [-0.05, 0) is 84.7 Å². The Labute approximate surface area is 201 Å². The van der Waals surface area contributed by atoms with E-state index in [-0.39, 0.29) is 23.3 Å². The molecule has 1 N–H and O–H groups in total. The number of carboxylic acid groups (broad SMARTS) is 1. The summed E-state index contributed by atoms with van der Waals surface area (Å²) in [5, 5.41) is 9.44. The van der Waals surface area contributed by atoms with Crippen LogP contribution < -0.4 is 4.90 Å². The first-order valence-electron chi connectivity index (χ1n) is 11.6. The lowest BCUT2D eigenvalue weighted by molar-refractivity contribution is -0.137. The molecule has 1 amide bonds. The summed E-state index contributed by atoms with van der Waals surface area (Å²) in [6.45, 7) is 0. The predicted molar refractivity (Wildman–Crippen MR) is 125 cm³/mol. The van der Waals surface area contributed by atoms with Crippen LogP contribution in [0.1, 0.15) is 63.8 Å². The maximum absolute atomic E-state index is 13.7. The number of hydrogen-bond acceptors (Lipinski definition) is 2. The van der Waals surface area contributed by atoms with Crippen LogP contribution in [0.25, 0.3) is 0 Å². The number of hydrogen-bond donors (Lipinski definition) is 1. The topological polar surface area (TPSA) is 57.6 Å². The molecule has 4 nitrogen and oxygen atoms in total. The van der Waals surface area contributed by atoms with Gasteiger partial charge in [-0.1, -0.05) is 36.4 Å². The molecule has 3 aromatic carbocycles. The summed E-state index contributed by atoms with van der Waals surface area (Å²) in [6, 6.07) is 18.8. The molecule has 1 aliphatic heterocycles. The summed E-state index contributed by atoms with van der Waals surface area (Å²) in [4.78, 5) is 26.8. The lowest BCUT2D eigenvalue weighted by atomic mass is 9.87. The lowest BCUT2D eigenvalue weighted by Gasteiger charge is -2.26. The molecule has 0 spiro atoms. The van der Waals surface area contributed by atoms with Crippen LogP contribution in [0.5, 0.6) is 0 Å². The van der Waals surface area contributed by atoms with Crippen molar-refractivity contribution in [1.82, 2.24) is 0 Å². The zero-order valence-electron chi connectivity index (χ0n) is 18.8. The minimum Gasteiger partial charge on any atom is -0.478 e. The van der Waals surface area contributed by atoms with Crippen LogP contribution in [0.2, 0.25) is 0 Å². The molecule has 5 rings (SSSR count). The highest BCUT2D eigenvalue weighted by Gasteiger charge is 2.43. The van der Waals surface area contributed by atoms with E-state index >= 15 is 0 Å². The smallest absolute Gasteiger partial charge is 0.416 e. The molecule has 0 bridgehead atoms. The van der Waals surface area contributed by atoms with Crippen molar-refractivity contribution in [2.24, 2.45) is 5.92 Å². The zero-order valence-corrected chi connectivity index (χ0v) is 18.8. The molecule has 1 saturated heterocycles. The third-order valence-corrected chi connectivity index (χ3v) is 7.22. The van der Waals surface area contributed by atoms with Crippen molar-refractivity contribution < 1.29 is 27.9 Å². The third kappa shape index (κ3) is 4.43. The van der Waals surface area contributed by atoms with Gasteiger partial charge >= 0.3 is 12.1 Å². The second-order valence-electron chi connectivity index (χ2n) is 9.30. The number of halogens is 3. The van der Waals surface area contributed by atoms with E-state index in [9.17, 15) is 27.9 Å². The molecule has 1 heterocycles. The van der Waals surface area contributed by atoms with E-state index in [0.29, 0.717) is 24.1 Å². The maximum atomic E-state index is 13.7. The van der Waals surface area contributed by atoms with Gasteiger partial charge in [0.25, 0.3) is 0 Å². The van der Waals surface area contributed by atoms with E-state index < -0.39 is 23.8 Å². The van der Waals surface area contributed by atoms with Crippen LogP contribution in [0.3, 0.4) is 0 Å². The highest BCUT2D eigenvalue weighted by molar-refractivity contribution is 5.98. The van der Waals surface area contributed by atoms with Crippen molar-refractivity contribution in [2.45, 2.75) is 43.8 Å². The molecule has 1 fully saturated rings. The Kier molecular flexibility index (Phi) is 5.87. The summed E-state index contributed by atoms with van der Waals surface area (Å²) in [5.41, 5.74) is 2.92. The fraction of sp³-hybridized carbons (Fsp3) is 0.286. The van der Waals surface area contributed by atoms with Gasteiger partial charge in [-0.3, -0.25) is 4.79 Å². The van der Waals surface area contributed by atoms with E-state index in [1.807, 2.05) is 12.1 Å². The predicted octanol–water partition coefficient (Wildman–Crippen LogP) is 6.62. The second kappa shape index (κ2) is 8.87. The number of aryl methyl sites for hydroxylation is 1. The number of carbonyl (C=O) groups excluding carboxylic acids is 1. The molecule has 1 aliphatic carbocycles. The largest absolute Gasteiger partial charge is 0.478 e. The average molecular weight is 479 g/mol. The van der Waals surface area contributed by atoms with E-state index in [1.165, 1.54) is 29.3 Å². The van der Waals surface area contributed by atoms with E-state index in [0.717, 1.165) is 25.0 Å². The number of amides is 1. The van der Waals surface area contributed by atoms with Gasteiger partial charge < -0.3 is 10.0 Å². The minimum absolute atomic E-state index is 0.107. The van der Waals surface area contributed by atoms with Gasteiger partial charge in [0.2, 0.25) is 5.91 Å². The van der Waals surface area contributed by atoms with Crippen LogP contribution in [-0.4, -0.2) is 17.0 Å². The average Bonchev–Trinajstić information content (AvgIpc) is 3.40. The highest BCUT2D eigenvalue weighted by Crippen LogP contribution is 2.46. The highest BCUT2D eigenvalue weighted by atomic mass is 19.4. The van der Waals surface area contributed by atoms with E-state index in [4.69, 9.17) is 0 Å². The van der Waals surface area contributed by atoms with Crippen LogP contribution >= 0.6 is 0 Å². The first-order valence-corrected chi connectivity index (χ1v) is 11.6. The molecule has 2 aliphatic rings. The summed E-state index contributed by atoms with van der Waals surface area (Å²) in [6.07, 6.45) is -1.41. The summed E-state index contributed by atoms with van der Waals surface area (Å²) < 4.78 is 39.3. The summed E-state index contributed by atoms with van der Waals surface area (Å²) >= 11 is 0. The van der Waals surface area contributed by atoms with Crippen LogP contribution in [-0.2, 0) is 17.4 Å². The summed E-state index contributed by atoms with van der Waals surface area (Å²) in [5.74, 6) is -1.28. The van der Waals surface area contributed by atoms with E-state index in [2.05, 4.69) is 12.1 Å². The Morgan fingerprint density at radius 1 is 0.971 bits per heavy atom. The second-order valence-corrected chi connectivity index (χ2v) is 9.30. The number of aromatic carboxylic acids is 1. The van der Waals surface area contributed by atoms with Gasteiger partial charge in [0.1, 0.15) is 0 Å². The van der Waals surface area contributed by atoms with Crippen molar-refractivity contribution in [3.63, 3.8) is 0 Å². The van der Waals surface area contributed by atoms with Gasteiger partial charge in [-0.2, -0.15) is 13.2 Å². The number of rotatable bonds is 5. The van der Waals surface area contributed by atoms with Crippen molar-refractivity contribution in [3.05, 3.63) is 101 Å². The number of benzene rings is 3. The molecule has 3 aromatic rings. The van der Waals surface area contributed by atoms with Crippen molar-refractivity contribution in [1.29, 1.82) is 0 Å². The fourth-order valence-electron chi connectivity index (χ4n) is 5.54. The molecule has 0 saturated carbocycles. The number of anilines is 1. The van der Waals surface area contributed by atoms with Gasteiger partial charge in [0.05, 0.1) is 17.2 Å². The molecule has 7 heteroatoms. The Morgan fingerprint density at radius 3 is 2.43 bits per heavy atom. The zero-order chi connectivity index (χ0) is 24.7. The summed E-state index contributed by atoms with van der Waals surface area (Å²) in [7, 11) is 0. The number of nitrogens with zero attached hydrogens (tertiary/aromatic N) is 1. The van der Waals surface area contributed by atoms with Crippen LogP contribution in [0, 0.1) is 5.92 Å².